The van der Waals surface area contributed by atoms with E-state index in [0.29, 0.717) is 16.8 Å². The third-order valence-corrected chi connectivity index (χ3v) is 6.78. The van der Waals surface area contributed by atoms with E-state index < -0.39 is 21.8 Å². The van der Waals surface area contributed by atoms with Crippen molar-refractivity contribution >= 4 is 38.7 Å². The lowest BCUT2D eigenvalue weighted by Gasteiger charge is -2.18. The van der Waals surface area contributed by atoms with Crippen molar-refractivity contribution in [1.82, 2.24) is 13.5 Å². The van der Waals surface area contributed by atoms with Gasteiger partial charge in [-0.1, -0.05) is 36.4 Å². The van der Waals surface area contributed by atoms with Gasteiger partial charge in [-0.2, -0.15) is 8.75 Å². The Morgan fingerprint density at radius 3 is 2.55 bits per heavy atom. The third-order valence-electron chi connectivity index (χ3n) is 4.86. The molecule has 0 saturated carbocycles. The molecule has 0 aliphatic carbocycles. The molecule has 1 N–H and O–H groups in total. The SMILES string of the molecule is COc1cccc(CC(C(=O)NS(=O)(=O)c2ccccc2)c2ccc3nsnc3c2)c1. The Morgan fingerprint density at radius 1 is 1.00 bits per heavy atom. The van der Waals surface area contributed by atoms with Gasteiger partial charge in [0.1, 0.15) is 16.8 Å². The first kappa shape index (κ1) is 21.0. The number of carbonyl (C=O) groups excluding carboxylic acids is 1. The number of ether oxygens (including phenoxy) is 1. The summed E-state index contributed by atoms with van der Waals surface area (Å²) < 4.78 is 41.4. The average molecular weight is 454 g/mol. The van der Waals surface area contributed by atoms with Crippen LogP contribution in [-0.4, -0.2) is 30.2 Å². The summed E-state index contributed by atoms with van der Waals surface area (Å²) in [7, 11) is -2.43. The minimum Gasteiger partial charge on any atom is -0.497 e. The Morgan fingerprint density at radius 2 is 1.77 bits per heavy atom. The van der Waals surface area contributed by atoms with Crippen molar-refractivity contribution < 1.29 is 17.9 Å². The highest BCUT2D eigenvalue weighted by Gasteiger charge is 2.27. The van der Waals surface area contributed by atoms with E-state index in [1.165, 1.54) is 12.1 Å². The van der Waals surface area contributed by atoms with Crippen LogP contribution in [-0.2, 0) is 21.2 Å². The van der Waals surface area contributed by atoms with Crippen molar-refractivity contribution in [2.45, 2.75) is 17.2 Å². The molecular formula is C22H19N3O4S2. The number of aromatic nitrogens is 2. The average Bonchev–Trinajstić information content (AvgIpc) is 3.26. The van der Waals surface area contributed by atoms with Crippen LogP contribution in [0, 0.1) is 0 Å². The predicted octanol–water partition coefficient (Wildman–Crippen LogP) is 3.53. The van der Waals surface area contributed by atoms with Crippen LogP contribution < -0.4 is 9.46 Å². The lowest BCUT2D eigenvalue weighted by atomic mass is 9.91. The first-order valence-electron chi connectivity index (χ1n) is 9.43. The van der Waals surface area contributed by atoms with Gasteiger partial charge in [0.25, 0.3) is 10.0 Å². The number of hydrogen-bond donors (Lipinski definition) is 1. The third kappa shape index (κ3) is 4.73. The van der Waals surface area contributed by atoms with Crippen LogP contribution in [0.25, 0.3) is 11.0 Å². The van der Waals surface area contributed by atoms with Gasteiger partial charge in [-0.05, 0) is 53.9 Å². The molecule has 7 nitrogen and oxygen atoms in total. The highest BCUT2D eigenvalue weighted by molar-refractivity contribution is 7.90. The zero-order chi connectivity index (χ0) is 21.8. The standard InChI is InChI=1S/C22H19N3O4S2/c1-29-17-7-5-6-15(12-17)13-19(16-10-11-20-21(14-16)24-30-23-20)22(26)25-31(27,28)18-8-3-2-4-9-18/h2-12,14,19H,13H2,1H3,(H,25,26). The first-order chi connectivity index (χ1) is 15.0. The Bertz CT molecular complexity index is 1320. The molecule has 1 amide bonds. The fourth-order valence-electron chi connectivity index (χ4n) is 3.28. The molecule has 0 saturated heterocycles. The zero-order valence-electron chi connectivity index (χ0n) is 16.6. The molecule has 4 rings (SSSR count). The predicted molar refractivity (Wildman–Crippen MR) is 119 cm³/mol. The number of benzene rings is 3. The van der Waals surface area contributed by atoms with Crippen molar-refractivity contribution in [1.29, 1.82) is 0 Å². The van der Waals surface area contributed by atoms with Crippen molar-refractivity contribution in [3.05, 3.63) is 83.9 Å². The largest absolute Gasteiger partial charge is 0.497 e. The number of fused-ring (bicyclic) bond motifs is 1. The smallest absolute Gasteiger partial charge is 0.264 e. The fourth-order valence-corrected chi connectivity index (χ4v) is 4.83. The molecule has 31 heavy (non-hydrogen) atoms. The van der Waals surface area contributed by atoms with E-state index in [1.807, 2.05) is 24.3 Å². The van der Waals surface area contributed by atoms with E-state index in [0.717, 1.165) is 22.8 Å². The highest BCUT2D eigenvalue weighted by Crippen LogP contribution is 2.27. The van der Waals surface area contributed by atoms with Crippen LogP contribution in [0.3, 0.4) is 0 Å². The number of rotatable bonds is 7. The number of carbonyl (C=O) groups is 1. The second-order valence-corrected chi connectivity index (χ2v) is 9.11. The Balaban J connectivity index is 1.69. The van der Waals surface area contributed by atoms with Gasteiger partial charge in [-0.15, -0.1) is 0 Å². The summed E-state index contributed by atoms with van der Waals surface area (Å²) in [5, 5.41) is 0. The van der Waals surface area contributed by atoms with Gasteiger partial charge < -0.3 is 4.74 Å². The van der Waals surface area contributed by atoms with E-state index >= 15 is 0 Å². The lowest BCUT2D eigenvalue weighted by molar-refractivity contribution is -0.120. The monoisotopic (exact) mass is 453 g/mol. The molecule has 1 atom stereocenters. The summed E-state index contributed by atoms with van der Waals surface area (Å²) >= 11 is 1.08. The normalized spacial score (nSPS) is 12.4. The Kier molecular flexibility index (Phi) is 5.97. The van der Waals surface area contributed by atoms with Crippen LogP contribution in [0.5, 0.6) is 5.75 Å². The molecule has 0 radical (unpaired) electrons. The Labute approximate surface area is 184 Å². The number of hydrogen-bond acceptors (Lipinski definition) is 7. The number of amides is 1. The number of methoxy groups -OCH3 is 1. The van der Waals surface area contributed by atoms with Crippen LogP contribution in [0.2, 0.25) is 0 Å². The topological polar surface area (TPSA) is 98.2 Å². The van der Waals surface area contributed by atoms with Gasteiger partial charge in [-0.25, -0.2) is 13.1 Å². The summed E-state index contributed by atoms with van der Waals surface area (Å²) in [5.41, 5.74) is 2.89. The maximum absolute atomic E-state index is 13.2. The summed E-state index contributed by atoms with van der Waals surface area (Å²) in [5.74, 6) is -0.710. The van der Waals surface area contributed by atoms with Crippen LogP contribution >= 0.6 is 11.7 Å². The maximum atomic E-state index is 13.2. The molecule has 3 aromatic carbocycles. The van der Waals surface area contributed by atoms with Gasteiger partial charge in [0.15, 0.2) is 0 Å². The summed E-state index contributed by atoms with van der Waals surface area (Å²) in [6.07, 6.45) is 0.288. The number of sulfonamides is 1. The summed E-state index contributed by atoms with van der Waals surface area (Å²) in [6.45, 7) is 0. The van der Waals surface area contributed by atoms with Crippen LogP contribution in [0.15, 0.2) is 77.7 Å². The lowest BCUT2D eigenvalue weighted by Crippen LogP contribution is -2.35. The van der Waals surface area contributed by atoms with E-state index in [9.17, 15) is 13.2 Å². The second-order valence-electron chi connectivity index (χ2n) is 6.90. The van der Waals surface area contributed by atoms with Crippen molar-refractivity contribution in [3.63, 3.8) is 0 Å². The first-order valence-corrected chi connectivity index (χ1v) is 11.6. The summed E-state index contributed by atoms with van der Waals surface area (Å²) in [6, 6.07) is 20.5. The molecule has 0 bridgehead atoms. The van der Waals surface area contributed by atoms with E-state index in [-0.39, 0.29) is 11.3 Å². The van der Waals surface area contributed by atoms with Crippen molar-refractivity contribution in [2.24, 2.45) is 0 Å². The molecule has 1 aromatic heterocycles. The second kappa shape index (κ2) is 8.83. The maximum Gasteiger partial charge on any atom is 0.264 e. The van der Waals surface area contributed by atoms with Gasteiger partial charge in [0.05, 0.1) is 29.7 Å². The molecule has 0 fully saturated rings. The van der Waals surface area contributed by atoms with Gasteiger partial charge >= 0.3 is 0 Å². The van der Waals surface area contributed by atoms with Gasteiger partial charge in [-0.3, -0.25) is 4.79 Å². The minimum absolute atomic E-state index is 0.0302. The molecule has 1 heterocycles. The Hall–Kier alpha value is -3.30. The quantitative estimate of drug-likeness (QED) is 0.460. The van der Waals surface area contributed by atoms with E-state index in [4.69, 9.17) is 4.74 Å². The van der Waals surface area contributed by atoms with Gasteiger partial charge in [0.2, 0.25) is 5.91 Å². The molecule has 9 heteroatoms. The van der Waals surface area contributed by atoms with Crippen LogP contribution in [0.4, 0.5) is 0 Å². The molecule has 158 valence electrons. The van der Waals surface area contributed by atoms with Crippen molar-refractivity contribution in [2.75, 3.05) is 7.11 Å². The van der Waals surface area contributed by atoms with E-state index in [2.05, 4.69) is 13.5 Å². The number of nitrogens with zero attached hydrogens (tertiary/aromatic N) is 2. The summed E-state index contributed by atoms with van der Waals surface area (Å²) in [4.78, 5) is 13.2. The molecule has 4 aromatic rings. The van der Waals surface area contributed by atoms with Crippen LogP contribution in [0.1, 0.15) is 17.0 Å². The molecule has 0 aliphatic rings. The van der Waals surface area contributed by atoms with E-state index in [1.54, 1.807) is 43.5 Å². The van der Waals surface area contributed by atoms with Crippen molar-refractivity contribution in [3.8, 4) is 5.75 Å². The van der Waals surface area contributed by atoms with Gasteiger partial charge in [0, 0.05) is 0 Å². The molecular weight excluding hydrogens is 434 g/mol. The molecule has 1 unspecified atom stereocenters. The highest BCUT2D eigenvalue weighted by atomic mass is 32.2. The number of nitrogens with one attached hydrogen (secondary N) is 1. The molecule has 0 spiro atoms. The zero-order valence-corrected chi connectivity index (χ0v) is 18.2. The minimum atomic E-state index is -4.00. The molecule has 0 aliphatic heterocycles. The fraction of sp³-hybridized carbons (Fsp3) is 0.136.